The summed E-state index contributed by atoms with van der Waals surface area (Å²) in [4.78, 5) is 0. The highest BCUT2D eigenvalue weighted by Gasteiger charge is 2.09. The van der Waals surface area contributed by atoms with Crippen LogP contribution in [0.4, 0.5) is 0 Å². The Hall–Kier alpha value is -1.26. The van der Waals surface area contributed by atoms with Gasteiger partial charge in [0.05, 0.1) is 0 Å². The zero-order valence-corrected chi connectivity index (χ0v) is 19.5. The minimum atomic E-state index is 0.490. The Bertz CT molecular complexity index is 470. The Morgan fingerprint density at radius 1 is 0.857 bits per heavy atom. The van der Waals surface area contributed by atoms with Gasteiger partial charge in [0.2, 0.25) is 0 Å². The predicted molar refractivity (Wildman–Crippen MR) is 130 cm³/mol. The number of allylic oxidation sites excluding steroid dienone is 6. The Morgan fingerprint density at radius 2 is 1.57 bits per heavy atom. The molecule has 28 heavy (non-hydrogen) atoms. The van der Waals surface area contributed by atoms with E-state index in [9.17, 15) is 0 Å². The van der Waals surface area contributed by atoms with Gasteiger partial charge in [0.25, 0.3) is 0 Å². The van der Waals surface area contributed by atoms with Gasteiger partial charge in [-0.2, -0.15) is 0 Å². The van der Waals surface area contributed by atoms with Crippen molar-refractivity contribution in [2.24, 2.45) is 11.8 Å². The van der Waals surface area contributed by atoms with E-state index in [1.165, 1.54) is 69.8 Å². The number of rotatable bonds is 18. The largest absolute Gasteiger partial charge is 0.121 e. The molecule has 0 aromatic rings. The van der Waals surface area contributed by atoms with Gasteiger partial charge < -0.3 is 0 Å². The number of hydrogen-bond acceptors (Lipinski definition) is 0. The standard InChI is InChI=1S/C28H48/c1-6-10-13-15-18-22-27(21-17-12-8-3)28(23-19-16-14-11-7-2)25-24-26(5)20-9-4/h9,17-18,21,24-26,28H,4,6-8,10-16,19-20,23H2,1-3,5H3/b21-17+,25-24?. The van der Waals surface area contributed by atoms with Gasteiger partial charge in [-0.1, -0.05) is 109 Å². The highest BCUT2D eigenvalue weighted by Crippen LogP contribution is 2.23. The summed E-state index contributed by atoms with van der Waals surface area (Å²) in [6, 6.07) is 0. The summed E-state index contributed by atoms with van der Waals surface area (Å²) in [6.07, 6.45) is 30.2. The normalized spacial score (nSPS) is 13.6. The van der Waals surface area contributed by atoms with E-state index in [0.29, 0.717) is 11.8 Å². The molecule has 160 valence electrons. The molecule has 0 rings (SSSR count). The second-order valence-corrected chi connectivity index (χ2v) is 8.19. The third-order valence-electron chi connectivity index (χ3n) is 5.20. The molecule has 0 aromatic heterocycles. The minimum Gasteiger partial charge on any atom is -0.121 e. The molecule has 0 spiro atoms. The molecular formula is C28H48. The van der Waals surface area contributed by atoms with Crippen molar-refractivity contribution in [3.63, 3.8) is 0 Å². The monoisotopic (exact) mass is 384 g/mol. The van der Waals surface area contributed by atoms with Crippen LogP contribution in [0, 0.1) is 11.8 Å². The number of hydrogen-bond donors (Lipinski definition) is 0. The molecule has 0 aliphatic rings. The lowest BCUT2D eigenvalue weighted by Crippen LogP contribution is -2.01. The van der Waals surface area contributed by atoms with Crippen LogP contribution in [-0.2, 0) is 0 Å². The average molecular weight is 385 g/mol. The van der Waals surface area contributed by atoms with Crippen molar-refractivity contribution in [1.82, 2.24) is 0 Å². The molecule has 0 bridgehead atoms. The first-order valence-electron chi connectivity index (χ1n) is 12.1. The van der Waals surface area contributed by atoms with Crippen LogP contribution in [0.15, 0.2) is 54.3 Å². The Balaban J connectivity index is 5.26. The average Bonchev–Trinajstić information content (AvgIpc) is 2.69. The van der Waals surface area contributed by atoms with Crippen molar-refractivity contribution in [3.05, 3.63) is 54.3 Å². The second kappa shape index (κ2) is 20.5. The summed E-state index contributed by atoms with van der Waals surface area (Å²) < 4.78 is 0. The Morgan fingerprint density at radius 3 is 2.25 bits per heavy atom. The lowest BCUT2D eigenvalue weighted by atomic mass is 9.90. The zero-order valence-electron chi connectivity index (χ0n) is 19.5. The molecule has 0 aliphatic heterocycles. The molecule has 0 amide bonds. The topological polar surface area (TPSA) is 0 Å². The van der Waals surface area contributed by atoms with Crippen molar-refractivity contribution in [2.45, 2.75) is 111 Å². The zero-order chi connectivity index (χ0) is 20.9. The maximum atomic E-state index is 3.89. The first kappa shape index (κ1) is 26.7. The smallest absolute Gasteiger partial charge is 0.00912 e. The van der Waals surface area contributed by atoms with Crippen LogP contribution >= 0.6 is 0 Å². The van der Waals surface area contributed by atoms with Crippen molar-refractivity contribution < 1.29 is 0 Å². The highest BCUT2D eigenvalue weighted by molar-refractivity contribution is 5.25. The molecular weight excluding hydrogens is 336 g/mol. The fourth-order valence-electron chi connectivity index (χ4n) is 3.33. The molecule has 0 heteroatoms. The van der Waals surface area contributed by atoms with Crippen LogP contribution in [0.25, 0.3) is 0 Å². The number of unbranched alkanes of at least 4 members (excludes halogenated alkanes) is 8. The van der Waals surface area contributed by atoms with Crippen molar-refractivity contribution in [2.75, 3.05) is 0 Å². The third-order valence-corrected chi connectivity index (χ3v) is 5.20. The molecule has 0 fully saturated rings. The molecule has 0 radical (unpaired) electrons. The Kier molecular flexibility index (Phi) is 19.6. The fraction of sp³-hybridized carbons (Fsp3) is 0.679. The van der Waals surface area contributed by atoms with E-state index in [1.54, 1.807) is 0 Å². The van der Waals surface area contributed by atoms with Gasteiger partial charge in [-0.3, -0.25) is 0 Å². The van der Waals surface area contributed by atoms with E-state index >= 15 is 0 Å². The van der Waals surface area contributed by atoms with Crippen LogP contribution < -0.4 is 0 Å². The first-order chi connectivity index (χ1) is 13.7. The van der Waals surface area contributed by atoms with Gasteiger partial charge in [0, 0.05) is 11.5 Å². The van der Waals surface area contributed by atoms with Gasteiger partial charge >= 0.3 is 0 Å². The van der Waals surface area contributed by atoms with Crippen molar-refractivity contribution in [1.29, 1.82) is 0 Å². The molecule has 0 heterocycles. The maximum absolute atomic E-state index is 3.89. The molecule has 0 saturated carbocycles. The molecule has 0 aromatic carbocycles. The summed E-state index contributed by atoms with van der Waals surface area (Å²) in [5, 5.41) is 0. The summed E-state index contributed by atoms with van der Waals surface area (Å²) >= 11 is 0. The molecule has 0 saturated heterocycles. The molecule has 0 aliphatic carbocycles. The van der Waals surface area contributed by atoms with Crippen LogP contribution in [0.2, 0.25) is 0 Å². The van der Waals surface area contributed by atoms with Crippen LogP contribution in [0.3, 0.4) is 0 Å². The van der Waals surface area contributed by atoms with E-state index in [-0.39, 0.29) is 0 Å². The van der Waals surface area contributed by atoms with Gasteiger partial charge in [0.1, 0.15) is 0 Å². The predicted octanol–water partition coefficient (Wildman–Crippen LogP) is 9.75. The van der Waals surface area contributed by atoms with Gasteiger partial charge in [0.15, 0.2) is 0 Å². The second-order valence-electron chi connectivity index (χ2n) is 8.19. The SMILES string of the molecule is C=CCC(C)C=CC(CCCCCCC)C(=C=CCCCCC)/C=C/CCC. The fourth-order valence-corrected chi connectivity index (χ4v) is 3.33. The summed E-state index contributed by atoms with van der Waals surface area (Å²) in [5.74, 6) is 1.05. The minimum absolute atomic E-state index is 0.490. The lowest BCUT2D eigenvalue weighted by Gasteiger charge is -2.14. The van der Waals surface area contributed by atoms with Crippen LogP contribution in [0.1, 0.15) is 111 Å². The lowest BCUT2D eigenvalue weighted by molar-refractivity contribution is 0.564. The van der Waals surface area contributed by atoms with E-state index in [2.05, 4.69) is 70.4 Å². The molecule has 2 unspecified atom stereocenters. The van der Waals surface area contributed by atoms with Crippen molar-refractivity contribution in [3.8, 4) is 0 Å². The van der Waals surface area contributed by atoms with E-state index in [0.717, 1.165) is 19.3 Å². The highest BCUT2D eigenvalue weighted by atomic mass is 14.1. The Labute approximate surface area is 177 Å². The molecule has 0 nitrogen and oxygen atoms in total. The molecule has 0 N–H and O–H groups in total. The van der Waals surface area contributed by atoms with Gasteiger partial charge in [-0.15, -0.1) is 12.3 Å². The first-order valence-corrected chi connectivity index (χ1v) is 12.1. The van der Waals surface area contributed by atoms with Crippen LogP contribution in [0.5, 0.6) is 0 Å². The van der Waals surface area contributed by atoms with Gasteiger partial charge in [-0.25, -0.2) is 0 Å². The van der Waals surface area contributed by atoms with Crippen molar-refractivity contribution >= 4 is 0 Å². The quantitative estimate of drug-likeness (QED) is 0.0954. The van der Waals surface area contributed by atoms with E-state index in [1.807, 2.05) is 6.08 Å². The van der Waals surface area contributed by atoms with E-state index in [4.69, 9.17) is 0 Å². The van der Waals surface area contributed by atoms with E-state index < -0.39 is 0 Å². The van der Waals surface area contributed by atoms with Crippen LogP contribution in [-0.4, -0.2) is 0 Å². The maximum Gasteiger partial charge on any atom is 0.00912 e. The third kappa shape index (κ3) is 15.8. The molecule has 2 atom stereocenters. The van der Waals surface area contributed by atoms with Gasteiger partial charge in [-0.05, 0) is 44.1 Å². The summed E-state index contributed by atoms with van der Waals surface area (Å²) in [6.45, 7) is 13.0. The summed E-state index contributed by atoms with van der Waals surface area (Å²) in [5.41, 5.74) is 5.06. The summed E-state index contributed by atoms with van der Waals surface area (Å²) in [7, 11) is 0.